The number of carbonyl (C=O) groups is 2. The lowest BCUT2D eigenvalue weighted by molar-refractivity contribution is -0.119. The van der Waals surface area contributed by atoms with Crippen LogP contribution in [0.2, 0.25) is 0 Å². The Kier molecular flexibility index (Phi) is 4.44. The SMILES string of the molecule is CNC(=O)Cc1ccc(NC(=O)c2ccccn2)cc1. The van der Waals surface area contributed by atoms with Gasteiger partial charge in [-0.3, -0.25) is 14.6 Å². The number of benzene rings is 1. The molecule has 0 aliphatic carbocycles. The van der Waals surface area contributed by atoms with Crippen molar-refractivity contribution in [3.63, 3.8) is 0 Å². The van der Waals surface area contributed by atoms with Crippen LogP contribution in [-0.2, 0) is 11.2 Å². The van der Waals surface area contributed by atoms with Crippen molar-refractivity contribution in [3.8, 4) is 0 Å². The second-order valence-electron chi connectivity index (χ2n) is 4.22. The van der Waals surface area contributed by atoms with Crippen LogP contribution in [-0.4, -0.2) is 23.8 Å². The van der Waals surface area contributed by atoms with E-state index in [1.54, 1.807) is 43.6 Å². The number of hydrogen-bond acceptors (Lipinski definition) is 3. The molecule has 0 spiro atoms. The average molecular weight is 269 g/mol. The number of carbonyl (C=O) groups excluding carboxylic acids is 2. The molecule has 5 nitrogen and oxygen atoms in total. The average Bonchev–Trinajstić information content (AvgIpc) is 2.50. The number of amides is 2. The highest BCUT2D eigenvalue weighted by atomic mass is 16.2. The molecule has 0 fully saturated rings. The second-order valence-corrected chi connectivity index (χ2v) is 4.22. The van der Waals surface area contributed by atoms with E-state index in [2.05, 4.69) is 15.6 Å². The summed E-state index contributed by atoms with van der Waals surface area (Å²) in [6.45, 7) is 0. The van der Waals surface area contributed by atoms with Crippen molar-refractivity contribution >= 4 is 17.5 Å². The number of pyridine rings is 1. The molecule has 0 aliphatic rings. The van der Waals surface area contributed by atoms with E-state index in [1.165, 1.54) is 0 Å². The van der Waals surface area contributed by atoms with Crippen molar-refractivity contribution in [1.82, 2.24) is 10.3 Å². The smallest absolute Gasteiger partial charge is 0.274 e. The number of rotatable bonds is 4. The summed E-state index contributed by atoms with van der Waals surface area (Å²) >= 11 is 0. The number of aromatic nitrogens is 1. The van der Waals surface area contributed by atoms with Gasteiger partial charge in [0.15, 0.2) is 0 Å². The molecule has 0 radical (unpaired) electrons. The molecule has 0 bridgehead atoms. The Balaban J connectivity index is 2.00. The molecule has 1 heterocycles. The van der Waals surface area contributed by atoms with Crippen molar-refractivity contribution in [2.75, 3.05) is 12.4 Å². The monoisotopic (exact) mass is 269 g/mol. The first kappa shape index (κ1) is 13.7. The molecule has 2 N–H and O–H groups in total. The Bertz CT molecular complexity index is 594. The Morgan fingerprint density at radius 1 is 1.10 bits per heavy atom. The van der Waals surface area contributed by atoms with Crippen LogP contribution < -0.4 is 10.6 Å². The van der Waals surface area contributed by atoms with Gasteiger partial charge in [-0.25, -0.2) is 0 Å². The Morgan fingerprint density at radius 3 is 2.45 bits per heavy atom. The molecule has 20 heavy (non-hydrogen) atoms. The second kappa shape index (κ2) is 6.47. The fourth-order valence-electron chi connectivity index (χ4n) is 1.67. The van der Waals surface area contributed by atoms with Crippen LogP contribution in [0.15, 0.2) is 48.7 Å². The molecule has 1 aromatic heterocycles. The first-order valence-electron chi connectivity index (χ1n) is 6.21. The maximum atomic E-state index is 11.9. The minimum absolute atomic E-state index is 0.0460. The van der Waals surface area contributed by atoms with Gasteiger partial charge in [-0.1, -0.05) is 18.2 Å². The van der Waals surface area contributed by atoms with Crippen LogP contribution in [0.4, 0.5) is 5.69 Å². The molecule has 0 atom stereocenters. The van der Waals surface area contributed by atoms with Crippen LogP contribution in [0.1, 0.15) is 16.1 Å². The highest BCUT2D eigenvalue weighted by Crippen LogP contribution is 2.11. The molecule has 0 saturated heterocycles. The molecule has 0 unspecified atom stereocenters. The van der Waals surface area contributed by atoms with Crippen molar-refractivity contribution in [2.45, 2.75) is 6.42 Å². The van der Waals surface area contributed by atoms with Gasteiger partial charge in [-0.2, -0.15) is 0 Å². The molecule has 0 saturated carbocycles. The van der Waals surface area contributed by atoms with Gasteiger partial charge in [-0.15, -0.1) is 0 Å². The van der Waals surface area contributed by atoms with E-state index in [0.717, 1.165) is 5.56 Å². The van der Waals surface area contributed by atoms with Crippen LogP contribution >= 0.6 is 0 Å². The van der Waals surface area contributed by atoms with E-state index in [4.69, 9.17) is 0 Å². The van der Waals surface area contributed by atoms with Crippen LogP contribution in [0.3, 0.4) is 0 Å². The number of likely N-dealkylation sites (N-methyl/N-ethyl adjacent to an activating group) is 1. The summed E-state index contributed by atoms with van der Waals surface area (Å²) in [7, 11) is 1.60. The van der Waals surface area contributed by atoms with Crippen LogP contribution in [0, 0.1) is 0 Å². The molecular formula is C15H15N3O2. The minimum atomic E-state index is -0.260. The third-order valence-electron chi connectivity index (χ3n) is 2.75. The first-order valence-corrected chi connectivity index (χ1v) is 6.21. The Morgan fingerprint density at radius 2 is 1.85 bits per heavy atom. The lowest BCUT2D eigenvalue weighted by atomic mass is 10.1. The molecule has 5 heteroatoms. The van der Waals surface area contributed by atoms with E-state index in [-0.39, 0.29) is 11.8 Å². The van der Waals surface area contributed by atoms with Crippen LogP contribution in [0.5, 0.6) is 0 Å². The zero-order chi connectivity index (χ0) is 14.4. The van der Waals surface area contributed by atoms with Crippen molar-refractivity contribution in [1.29, 1.82) is 0 Å². The summed E-state index contributed by atoms with van der Waals surface area (Å²) in [5.74, 6) is -0.306. The first-order chi connectivity index (χ1) is 9.69. The number of nitrogens with one attached hydrogen (secondary N) is 2. The maximum absolute atomic E-state index is 11.9. The minimum Gasteiger partial charge on any atom is -0.359 e. The van der Waals surface area contributed by atoms with Gasteiger partial charge in [0.1, 0.15) is 5.69 Å². The van der Waals surface area contributed by atoms with Gasteiger partial charge < -0.3 is 10.6 Å². The lowest BCUT2D eigenvalue weighted by Crippen LogP contribution is -2.19. The van der Waals surface area contributed by atoms with E-state index in [9.17, 15) is 9.59 Å². The third kappa shape index (κ3) is 3.65. The predicted octanol–water partition coefficient (Wildman–Crippen LogP) is 1.62. The standard InChI is InChI=1S/C15H15N3O2/c1-16-14(19)10-11-5-7-12(8-6-11)18-15(20)13-4-2-3-9-17-13/h2-9H,10H2,1H3,(H,16,19)(H,18,20). The number of nitrogens with zero attached hydrogens (tertiary/aromatic N) is 1. The molecule has 2 rings (SSSR count). The van der Waals surface area contributed by atoms with Crippen molar-refractivity contribution in [2.24, 2.45) is 0 Å². The molecule has 0 aliphatic heterocycles. The largest absolute Gasteiger partial charge is 0.359 e. The number of hydrogen-bond donors (Lipinski definition) is 2. The summed E-state index contributed by atoms with van der Waals surface area (Å²) in [4.78, 5) is 27.1. The summed E-state index contributed by atoms with van der Waals surface area (Å²) in [5.41, 5.74) is 1.92. The van der Waals surface area contributed by atoms with Gasteiger partial charge >= 0.3 is 0 Å². The predicted molar refractivity (Wildman–Crippen MR) is 76.4 cm³/mol. The Labute approximate surface area is 117 Å². The van der Waals surface area contributed by atoms with E-state index in [0.29, 0.717) is 17.8 Å². The molecular weight excluding hydrogens is 254 g/mol. The zero-order valence-corrected chi connectivity index (χ0v) is 11.1. The van der Waals surface area contributed by atoms with Gasteiger partial charge in [0.05, 0.1) is 6.42 Å². The van der Waals surface area contributed by atoms with Gasteiger partial charge in [0.2, 0.25) is 5.91 Å². The summed E-state index contributed by atoms with van der Waals surface area (Å²) < 4.78 is 0. The fraction of sp³-hybridized carbons (Fsp3) is 0.133. The topological polar surface area (TPSA) is 71.1 Å². The van der Waals surface area contributed by atoms with Gasteiger partial charge in [-0.05, 0) is 29.8 Å². The van der Waals surface area contributed by atoms with Gasteiger partial charge in [0.25, 0.3) is 5.91 Å². The summed E-state index contributed by atoms with van der Waals surface area (Å²) in [6, 6.07) is 12.3. The highest BCUT2D eigenvalue weighted by Gasteiger charge is 2.07. The van der Waals surface area contributed by atoms with Crippen molar-refractivity contribution < 1.29 is 9.59 Å². The summed E-state index contributed by atoms with van der Waals surface area (Å²) in [5, 5.41) is 5.32. The zero-order valence-electron chi connectivity index (χ0n) is 11.1. The van der Waals surface area contributed by atoms with Gasteiger partial charge in [0, 0.05) is 18.9 Å². The fourth-order valence-corrected chi connectivity index (χ4v) is 1.67. The van der Waals surface area contributed by atoms with Crippen LogP contribution in [0.25, 0.3) is 0 Å². The molecule has 2 amide bonds. The van der Waals surface area contributed by atoms with E-state index < -0.39 is 0 Å². The lowest BCUT2D eigenvalue weighted by Gasteiger charge is -2.06. The van der Waals surface area contributed by atoms with Crippen molar-refractivity contribution in [3.05, 3.63) is 59.9 Å². The summed E-state index contributed by atoms with van der Waals surface area (Å²) in [6.07, 6.45) is 1.90. The molecule has 1 aromatic carbocycles. The number of anilines is 1. The normalized spacial score (nSPS) is 9.85. The maximum Gasteiger partial charge on any atom is 0.274 e. The Hall–Kier alpha value is -2.69. The van der Waals surface area contributed by atoms with E-state index in [1.807, 2.05) is 12.1 Å². The third-order valence-corrected chi connectivity index (χ3v) is 2.75. The quantitative estimate of drug-likeness (QED) is 0.886. The molecule has 2 aromatic rings. The highest BCUT2D eigenvalue weighted by molar-refractivity contribution is 6.02. The molecule has 102 valence electrons. The van der Waals surface area contributed by atoms with E-state index >= 15 is 0 Å².